The lowest BCUT2D eigenvalue weighted by Crippen LogP contribution is -1.96. The van der Waals surface area contributed by atoms with E-state index in [9.17, 15) is 4.79 Å². The third-order valence-corrected chi connectivity index (χ3v) is 2.42. The van der Waals surface area contributed by atoms with Gasteiger partial charge in [0.05, 0.1) is 0 Å². The highest BCUT2D eigenvalue weighted by Gasteiger charge is 2.08. The topological polar surface area (TPSA) is 30.0 Å². The SMILES string of the molecule is CC(C=O)c1cc(Cl)ncc1Br. The van der Waals surface area contributed by atoms with Gasteiger partial charge in [-0.05, 0) is 27.6 Å². The number of hydrogen-bond donors (Lipinski definition) is 0. The Morgan fingerprint density at radius 3 is 3.00 bits per heavy atom. The molecule has 64 valence electrons. The second-order valence-electron chi connectivity index (χ2n) is 2.45. The molecule has 0 saturated carbocycles. The second-order valence-corrected chi connectivity index (χ2v) is 3.69. The van der Waals surface area contributed by atoms with Gasteiger partial charge in [0.2, 0.25) is 0 Å². The first kappa shape index (κ1) is 9.68. The summed E-state index contributed by atoms with van der Waals surface area (Å²) in [7, 11) is 0. The maximum Gasteiger partial charge on any atom is 0.129 e. The minimum Gasteiger partial charge on any atom is -0.303 e. The van der Waals surface area contributed by atoms with Crippen LogP contribution >= 0.6 is 27.5 Å². The monoisotopic (exact) mass is 247 g/mol. The minimum absolute atomic E-state index is 0.153. The third-order valence-electron chi connectivity index (χ3n) is 1.55. The van der Waals surface area contributed by atoms with Gasteiger partial charge in [0.15, 0.2) is 0 Å². The summed E-state index contributed by atoms with van der Waals surface area (Å²) in [4.78, 5) is 14.3. The van der Waals surface area contributed by atoms with E-state index in [4.69, 9.17) is 11.6 Å². The first-order valence-electron chi connectivity index (χ1n) is 3.41. The number of aromatic nitrogens is 1. The summed E-state index contributed by atoms with van der Waals surface area (Å²) < 4.78 is 0.812. The van der Waals surface area contributed by atoms with Gasteiger partial charge in [0.25, 0.3) is 0 Å². The van der Waals surface area contributed by atoms with E-state index in [1.165, 1.54) is 0 Å². The van der Waals surface area contributed by atoms with Crippen molar-refractivity contribution in [3.63, 3.8) is 0 Å². The van der Waals surface area contributed by atoms with Crippen molar-refractivity contribution in [2.75, 3.05) is 0 Å². The van der Waals surface area contributed by atoms with Crippen LogP contribution in [0.25, 0.3) is 0 Å². The molecular formula is C8H7BrClNO. The zero-order chi connectivity index (χ0) is 9.14. The van der Waals surface area contributed by atoms with Crippen molar-refractivity contribution in [3.05, 3.63) is 27.5 Å². The van der Waals surface area contributed by atoms with E-state index in [0.29, 0.717) is 5.15 Å². The molecule has 2 nitrogen and oxygen atoms in total. The molecule has 1 aromatic heterocycles. The fourth-order valence-corrected chi connectivity index (χ4v) is 1.59. The minimum atomic E-state index is -0.153. The number of carbonyl (C=O) groups excluding carboxylic acids is 1. The summed E-state index contributed by atoms with van der Waals surface area (Å²) >= 11 is 8.96. The molecule has 0 amide bonds. The highest BCUT2D eigenvalue weighted by atomic mass is 79.9. The van der Waals surface area contributed by atoms with E-state index in [1.54, 1.807) is 12.3 Å². The van der Waals surface area contributed by atoms with Crippen LogP contribution in [0.4, 0.5) is 0 Å². The van der Waals surface area contributed by atoms with Crippen LogP contribution < -0.4 is 0 Å². The molecule has 0 aliphatic rings. The maximum atomic E-state index is 10.5. The van der Waals surface area contributed by atoms with Gasteiger partial charge in [-0.1, -0.05) is 18.5 Å². The maximum absolute atomic E-state index is 10.5. The molecular weight excluding hydrogens is 241 g/mol. The molecule has 1 heterocycles. The van der Waals surface area contributed by atoms with Crippen LogP contribution in [0.2, 0.25) is 5.15 Å². The first-order valence-corrected chi connectivity index (χ1v) is 4.58. The average Bonchev–Trinajstić information content (AvgIpc) is 2.08. The number of carbonyl (C=O) groups is 1. The first-order chi connectivity index (χ1) is 5.65. The van der Waals surface area contributed by atoms with Crippen molar-refractivity contribution >= 4 is 33.8 Å². The fraction of sp³-hybridized carbons (Fsp3) is 0.250. The van der Waals surface area contributed by atoms with Crippen molar-refractivity contribution in [1.29, 1.82) is 0 Å². The molecule has 1 aromatic rings. The van der Waals surface area contributed by atoms with Gasteiger partial charge in [-0.25, -0.2) is 4.98 Å². The van der Waals surface area contributed by atoms with Gasteiger partial charge in [0.1, 0.15) is 11.4 Å². The van der Waals surface area contributed by atoms with Crippen LogP contribution in [-0.4, -0.2) is 11.3 Å². The molecule has 1 atom stereocenters. The standard InChI is InChI=1S/C8H7BrClNO/c1-5(4-12)6-2-8(10)11-3-7(6)9/h2-5H,1H3. The van der Waals surface area contributed by atoms with Crippen molar-refractivity contribution in [3.8, 4) is 0 Å². The summed E-state index contributed by atoms with van der Waals surface area (Å²) in [6, 6.07) is 1.69. The Balaban J connectivity index is 3.12. The molecule has 12 heavy (non-hydrogen) atoms. The average molecular weight is 249 g/mol. The van der Waals surface area contributed by atoms with Gasteiger partial charge in [-0.2, -0.15) is 0 Å². The molecule has 4 heteroatoms. The van der Waals surface area contributed by atoms with E-state index in [1.807, 2.05) is 6.92 Å². The van der Waals surface area contributed by atoms with E-state index < -0.39 is 0 Å². The van der Waals surface area contributed by atoms with E-state index >= 15 is 0 Å². The van der Waals surface area contributed by atoms with E-state index in [0.717, 1.165) is 16.3 Å². The zero-order valence-electron chi connectivity index (χ0n) is 6.42. The summed E-state index contributed by atoms with van der Waals surface area (Å²) in [5.74, 6) is -0.153. The molecule has 0 spiro atoms. The predicted octanol–water partition coefficient (Wildman–Crippen LogP) is 2.80. The molecule has 1 rings (SSSR count). The van der Waals surface area contributed by atoms with Crippen molar-refractivity contribution in [2.24, 2.45) is 0 Å². The second kappa shape index (κ2) is 4.01. The summed E-state index contributed by atoms with van der Waals surface area (Å²) in [6.45, 7) is 1.81. The lowest BCUT2D eigenvalue weighted by atomic mass is 10.1. The zero-order valence-corrected chi connectivity index (χ0v) is 8.76. The quantitative estimate of drug-likeness (QED) is 0.595. The molecule has 0 aliphatic heterocycles. The van der Waals surface area contributed by atoms with Gasteiger partial charge in [-0.3, -0.25) is 0 Å². The molecule has 0 radical (unpaired) electrons. The number of nitrogens with zero attached hydrogens (tertiary/aromatic N) is 1. The van der Waals surface area contributed by atoms with E-state index in [-0.39, 0.29) is 5.92 Å². The Bertz CT molecular complexity index is 303. The van der Waals surface area contributed by atoms with Crippen LogP contribution in [-0.2, 0) is 4.79 Å². The lowest BCUT2D eigenvalue weighted by molar-refractivity contribution is -0.108. The molecule has 0 N–H and O–H groups in total. The van der Waals surface area contributed by atoms with Gasteiger partial charge < -0.3 is 4.79 Å². The Labute approximate surface area is 84.1 Å². The number of halogens is 2. The van der Waals surface area contributed by atoms with Gasteiger partial charge >= 0.3 is 0 Å². The molecule has 0 aromatic carbocycles. The van der Waals surface area contributed by atoms with Crippen LogP contribution in [0.3, 0.4) is 0 Å². The summed E-state index contributed by atoms with van der Waals surface area (Å²) in [5.41, 5.74) is 0.866. The largest absolute Gasteiger partial charge is 0.303 e. The van der Waals surface area contributed by atoms with Gasteiger partial charge in [-0.15, -0.1) is 0 Å². The van der Waals surface area contributed by atoms with Crippen molar-refractivity contribution in [1.82, 2.24) is 4.98 Å². The normalized spacial score (nSPS) is 12.6. The van der Waals surface area contributed by atoms with Crippen LogP contribution in [0.1, 0.15) is 18.4 Å². The summed E-state index contributed by atoms with van der Waals surface area (Å²) in [6.07, 6.45) is 2.47. The molecule has 0 bridgehead atoms. The molecule has 1 unspecified atom stereocenters. The van der Waals surface area contributed by atoms with Crippen molar-refractivity contribution < 1.29 is 4.79 Å². The van der Waals surface area contributed by atoms with Gasteiger partial charge in [0, 0.05) is 16.6 Å². The number of hydrogen-bond acceptors (Lipinski definition) is 2. The molecule has 0 fully saturated rings. The van der Waals surface area contributed by atoms with Crippen LogP contribution in [0.5, 0.6) is 0 Å². The Hall–Kier alpha value is -0.410. The number of pyridine rings is 1. The van der Waals surface area contributed by atoms with Crippen LogP contribution in [0, 0.1) is 0 Å². The van der Waals surface area contributed by atoms with Crippen molar-refractivity contribution in [2.45, 2.75) is 12.8 Å². The highest BCUT2D eigenvalue weighted by Crippen LogP contribution is 2.24. The Morgan fingerprint density at radius 1 is 1.75 bits per heavy atom. The van der Waals surface area contributed by atoms with Crippen LogP contribution in [0.15, 0.2) is 16.7 Å². The van der Waals surface area contributed by atoms with E-state index in [2.05, 4.69) is 20.9 Å². The summed E-state index contributed by atoms with van der Waals surface area (Å²) in [5, 5.41) is 0.405. The lowest BCUT2D eigenvalue weighted by Gasteiger charge is -2.05. The molecule has 0 saturated heterocycles. The Morgan fingerprint density at radius 2 is 2.42 bits per heavy atom. The third kappa shape index (κ3) is 2.05. The number of aldehydes is 1. The predicted molar refractivity (Wildman–Crippen MR) is 51.4 cm³/mol. The fourth-order valence-electron chi connectivity index (χ4n) is 0.850. The number of rotatable bonds is 2. The Kier molecular flexibility index (Phi) is 3.23. The molecule has 0 aliphatic carbocycles. The smallest absolute Gasteiger partial charge is 0.129 e. The highest BCUT2D eigenvalue weighted by molar-refractivity contribution is 9.10.